The number of hydrogen-bond acceptors (Lipinski definition) is 5. The molecule has 6 nitrogen and oxygen atoms in total. The quantitative estimate of drug-likeness (QED) is 0.892. The van der Waals surface area contributed by atoms with Crippen LogP contribution < -0.4 is 0 Å². The van der Waals surface area contributed by atoms with Crippen LogP contribution in [0.25, 0.3) is 0 Å². The Morgan fingerprint density at radius 1 is 1.47 bits per heavy atom. The molecule has 1 aromatic rings. The summed E-state index contributed by atoms with van der Waals surface area (Å²) >= 11 is 0.956. The third kappa shape index (κ3) is 2.81. The van der Waals surface area contributed by atoms with E-state index in [0.717, 1.165) is 11.3 Å². The fourth-order valence-corrected chi connectivity index (χ4v) is 4.74. The molecule has 0 saturated carbocycles. The molecule has 0 spiro atoms. The molecule has 1 N–H and O–H groups in total. The molecule has 1 aromatic heterocycles. The van der Waals surface area contributed by atoms with E-state index in [4.69, 9.17) is 5.11 Å². The molecule has 0 amide bonds. The van der Waals surface area contributed by atoms with Crippen molar-refractivity contribution in [2.45, 2.75) is 17.2 Å². The van der Waals surface area contributed by atoms with Crippen LogP contribution in [0.5, 0.6) is 0 Å². The Morgan fingerprint density at radius 3 is 2.68 bits per heavy atom. The second-order valence-electron chi connectivity index (χ2n) is 4.65. The van der Waals surface area contributed by atoms with Gasteiger partial charge in [0.2, 0.25) is 0 Å². The van der Waals surface area contributed by atoms with Gasteiger partial charge in [0, 0.05) is 31.1 Å². The molecule has 2 rings (SSSR count). The minimum Gasteiger partial charge on any atom is -0.478 e. The molecular formula is C11H16N2O4S2. The van der Waals surface area contributed by atoms with Gasteiger partial charge in [-0.2, -0.15) is 4.31 Å². The number of aromatic carboxylic acids is 1. The maximum absolute atomic E-state index is 12.4. The Kier molecular flexibility index (Phi) is 3.95. The van der Waals surface area contributed by atoms with Crippen LogP contribution in [0, 0.1) is 0 Å². The number of nitrogens with zero attached hydrogens (tertiary/aromatic N) is 2. The summed E-state index contributed by atoms with van der Waals surface area (Å²) < 4.78 is 26.3. The highest BCUT2D eigenvalue weighted by Gasteiger charge is 2.32. The Hall–Kier alpha value is -0.960. The van der Waals surface area contributed by atoms with Crippen molar-refractivity contribution in [3.63, 3.8) is 0 Å². The van der Waals surface area contributed by atoms with Crippen molar-refractivity contribution in [2.75, 3.05) is 26.7 Å². The average molecular weight is 304 g/mol. The lowest BCUT2D eigenvalue weighted by atomic mass is 10.2. The zero-order chi connectivity index (χ0) is 14.2. The van der Waals surface area contributed by atoms with Gasteiger partial charge in [-0.05, 0) is 20.0 Å². The van der Waals surface area contributed by atoms with E-state index in [1.54, 1.807) is 0 Å². The summed E-state index contributed by atoms with van der Waals surface area (Å²) in [6.45, 7) is 3.51. The number of hydrogen-bond donors (Lipinski definition) is 1. The molecule has 0 bridgehead atoms. The third-order valence-electron chi connectivity index (χ3n) is 3.34. The monoisotopic (exact) mass is 304 g/mol. The molecule has 0 radical (unpaired) electrons. The van der Waals surface area contributed by atoms with Crippen LogP contribution in [0.2, 0.25) is 0 Å². The lowest BCUT2D eigenvalue weighted by Crippen LogP contribution is -2.51. The Labute approximate surface area is 116 Å². The summed E-state index contributed by atoms with van der Waals surface area (Å²) in [4.78, 5) is 12.9. The maximum Gasteiger partial charge on any atom is 0.336 e. The van der Waals surface area contributed by atoms with Crippen molar-refractivity contribution in [2.24, 2.45) is 0 Å². The molecule has 1 unspecified atom stereocenters. The van der Waals surface area contributed by atoms with Gasteiger partial charge in [-0.15, -0.1) is 11.3 Å². The first-order chi connectivity index (χ1) is 8.82. The van der Waals surface area contributed by atoms with E-state index in [2.05, 4.69) is 4.90 Å². The van der Waals surface area contributed by atoms with E-state index in [1.165, 1.54) is 15.8 Å². The summed E-state index contributed by atoms with van der Waals surface area (Å²) in [7, 11) is -1.61. The highest BCUT2D eigenvalue weighted by molar-refractivity contribution is 7.91. The molecule has 1 aliphatic heterocycles. The van der Waals surface area contributed by atoms with Crippen LogP contribution in [-0.2, 0) is 10.0 Å². The smallest absolute Gasteiger partial charge is 0.336 e. The zero-order valence-corrected chi connectivity index (χ0v) is 12.4. The van der Waals surface area contributed by atoms with Gasteiger partial charge in [-0.3, -0.25) is 0 Å². The molecule has 1 saturated heterocycles. The van der Waals surface area contributed by atoms with Crippen molar-refractivity contribution >= 4 is 27.3 Å². The maximum atomic E-state index is 12.4. The molecule has 106 valence electrons. The van der Waals surface area contributed by atoms with Crippen LogP contribution in [0.15, 0.2) is 15.7 Å². The van der Waals surface area contributed by atoms with Crippen LogP contribution in [0.1, 0.15) is 17.3 Å². The van der Waals surface area contributed by atoms with Crippen molar-refractivity contribution in [1.82, 2.24) is 9.21 Å². The molecule has 19 heavy (non-hydrogen) atoms. The minimum absolute atomic E-state index is 0.0192. The summed E-state index contributed by atoms with van der Waals surface area (Å²) in [5, 5.41) is 10.2. The molecule has 1 aliphatic rings. The lowest BCUT2D eigenvalue weighted by Gasteiger charge is -2.36. The standard InChI is InChI=1S/C11H16N2O4S2/c1-8-6-13(4-3-12(8)2)19(16,17)10-5-9(7-18-10)11(14)15/h5,7-8H,3-4,6H2,1-2H3,(H,14,15). The van der Waals surface area contributed by atoms with Crippen LogP contribution in [0.4, 0.5) is 0 Å². The molecule has 1 atom stereocenters. The van der Waals surface area contributed by atoms with Crippen molar-refractivity contribution in [3.05, 3.63) is 17.0 Å². The largest absolute Gasteiger partial charge is 0.478 e. The summed E-state index contributed by atoms with van der Waals surface area (Å²) in [5.74, 6) is -1.11. The van der Waals surface area contributed by atoms with Crippen molar-refractivity contribution < 1.29 is 18.3 Å². The predicted octanol–water partition coefficient (Wildman–Crippen LogP) is 0.771. The fraction of sp³-hybridized carbons (Fsp3) is 0.545. The van der Waals surface area contributed by atoms with Crippen LogP contribution in [0.3, 0.4) is 0 Å². The van der Waals surface area contributed by atoms with E-state index < -0.39 is 16.0 Å². The summed E-state index contributed by atoms with van der Waals surface area (Å²) in [6, 6.07) is 1.38. The van der Waals surface area contributed by atoms with Gasteiger partial charge in [0.25, 0.3) is 10.0 Å². The van der Waals surface area contributed by atoms with Crippen molar-refractivity contribution in [1.29, 1.82) is 0 Å². The van der Waals surface area contributed by atoms with Gasteiger partial charge < -0.3 is 10.0 Å². The number of carbonyl (C=O) groups is 1. The second kappa shape index (κ2) is 5.20. The number of carboxylic acids is 1. The fourth-order valence-electron chi connectivity index (χ4n) is 1.92. The minimum atomic E-state index is -3.57. The van der Waals surface area contributed by atoms with Gasteiger partial charge in [0.1, 0.15) is 4.21 Å². The molecule has 8 heteroatoms. The Balaban J connectivity index is 2.24. The van der Waals surface area contributed by atoms with E-state index in [0.29, 0.717) is 19.6 Å². The lowest BCUT2D eigenvalue weighted by molar-refractivity contribution is 0.0697. The highest BCUT2D eigenvalue weighted by atomic mass is 32.2. The van der Waals surface area contributed by atoms with E-state index >= 15 is 0 Å². The first kappa shape index (κ1) is 14.4. The molecule has 2 heterocycles. The number of rotatable bonds is 3. The number of likely N-dealkylation sites (N-methyl/N-ethyl adjacent to an activating group) is 1. The van der Waals surface area contributed by atoms with Gasteiger partial charge in [-0.1, -0.05) is 0 Å². The first-order valence-corrected chi connectivity index (χ1v) is 8.16. The predicted molar refractivity (Wildman–Crippen MR) is 72.1 cm³/mol. The van der Waals surface area contributed by atoms with E-state index in [9.17, 15) is 13.2 Å². The Morgan fingerprint density at radius 2 is 2.16 bits per heavy atom. The van der Waals surface area contributed by atoms with Gasteiger partial charge >= 0.3 is 5.97 Å². The molecule has 1 fully saturated rings. The first-order valence-electron chi connectivity index (χ1n) is 5.84. The van der Waals surface area contributed by atoms with Gasteiger partial charge in [0.15, 0.2) is 0 Å². The summed E-state index contributed by atoms with van der Waals surface area (Å²) in [6.07, 6.45) is 0. The second-order valence-corrected chi connectivity index (χ2v) is 7.73. The number of carboxylic acid groups (broad SMARTS) is 1. The number of thiophene rings is 1. The average Bonchev–Trinajstić information content (AvgIpc) is 2.82. The molecule has 0 aliphatic carbocycles. The van der Waals surface area contributed by atoms with Crippen molar-refractivity contribution in [3.8, 4) is 0 Å². The molecular weight excluding hydrogens is 288 g/mol. The topological polar surface area (TPSA) is 77.9 Å². The number of piperazine rings is 1. The highest BCUT2D eigenvalue weighted by Crippen LogP contribution is 2.25. The van der Waals surface area contributed by atoms with E-state index in [1.807, 2.05) is 14.0 Å². The number of sulfonamides is 1. The SMILES string of the molecule is CC1CN(S(=O)(=O)c2cc(C(=O)O)cs2)CCN1C. The normalized spacial score (nSPS) is 22.5. The Bertz CT molecular complexity index is 581. The van der Waals surface area contributed by atoms with Crippen LogP contribution in [-0.4, -0.2) is 61.4 Å². The zero-order valence-electron chi connectivity index (χ0n) is 10.7. The van der Waals surface area contributed by atoms with Gasteiger partial charge in [-0.25, -0.2) is 13.2 Å². The van der Waals surface area contributed by atoms with Crippen LogP contribution >= 0.6 is 11.3 Å². The van der Waals surface area contributed by atoms with Gasteiger partial charge in [0.05, 0.1) is 5.56 Å². The summed E-state index contributed by atoms with van der Waals surface area (Å²) in [5.41, 5.74) is 0.0192. The van der Waals surface area contributed by atoms with E-state index in [-0.39, 0.29) is 15.8 Å². The molecule has 0 aromatic carbocycles. The third-order valence-corrected chi connectivity index (χ3v) is 6.62.